The van der Waals surface area contributed by atoms with E-state index >= 15 is 0 Å². The van der Waals surface area contributed by atoms with Gasteiger partial charge in [0.05, 0.1) is 10.9 Å². The van der Waals surface area contributed by atoms with E-state index in [1.807, 2.05) is 13.0 Å². The van der Waals surface area contributed by atoms with E-state index in [4.69, 9.17) is 4.42 Å². The van der Waals surface area contributed by atoms with Gasteiger partial charge in [0.2, 0.25) is 5.43 Å². The lowest BCUT2D eigenvalue weighted by Gasteiger charge is -2.09. The monoisotopic (exact) mass is 346 g/mol. The van der Waals surface area contributed by atoms with E-state index in [1.54, 1.807) is 30.3 Å². The highest BCUT2D eigenvalue weighted by molar-refractivity contribution is 9.10. The molecule has 0 fully saturated rings. The van der Waals surface area contributed by atoms with Gasteiger partial charge in [-0.25, -0.2) is 4.39 Å². The molecule has 1 aromatic heterocycles. The summed E-state index contributed by atoms with van der Waals surface area (Å²) in [6.07, 6.45) is 0.519. The Morgan fingerprint density at radius 1 is 1.19 bits per heavy atom. The molecule has 3 aromatic rings. The molecular formula is C17H12BrFO2. The Labute approximate surface area is 129 Å². The molecule has 0 atom stereocenters. The van der Waals surface area contributed by atoms with Gasteiger partial charge in [0.15, 0.2) is 0 Å². The van der Waals surface area contributed by atoms with E-state index in [0.29, 0.717) is 28.7 Å². The molecule has 0 aliphatic heterocycles. The molecule has 21 heavy (non-hydrogen) atoms. The minimum absolute atomic E-state index is 0.209. The average Bonchev–Trinajstić information content (AvgIpc) is 2.49. The minimum atomic E-state index is -0.422. The van der Waals surface area contributed by atoms with Gasteiger partial charge in [-0.3, -0.25) is 4.79 Å². The fraction of sp³-hybridized carbons (Fsp3) is 0.118. The first kappa shape index (κ1) is 14.0. The molecule has 0 unspecified atom stereocenters. The lowest BCUT2D eigenvalue weighted by atomic mass is 10.0. The first-order chi connectivity index (χ1) is 10.1. The molecule has 0 radical (unpaired) electrons. The van der Waals surface area contributed by atoms with Crippen LogP contribution in [-0.2, 0) is 6.42 Å². The second-order valence-corrected chi connectivity index (χ2v) is 5.62. The van der Waals surface area contributed by atoms with Crippen molar-refractivity contribution in [2.24, 2.45) is 0 Å². The topological polar surface area (TPSA) is 30.2 Å². The molecular weight excluding hydrogens is 335 g/mol. The maximum atomic E-state index is 14.1. The van der Waals surface area contributed by atoms with E-state index in [1.165, 1.54) is 6.07 Å². The number of hydrogen-bond donors (Lipinski definition) is 0. The minimum Gasteiger partial charge on any atom is -0.460 e. The number of fused-ring (bicyclic) bond motifs is 1. The highest BCUT2D eigenvalue weighted by Gasteiger charge is 2.17. The van der Waals surface area contributed by atoms with Gasteiger partial charge in [-0.1, -0.05) is 41.1 Å². The Bertz CT molecular complexity index is 884. The quantitative estimate of drug-likeness (QED) is 0.658. The smallest absolute Gasteiger partial charge is 0.200 e. The molecule has 0 spiro atoms. The van der Waals surface area contributed by atoms with Crippen molar-refractivity contribution in [3.63, 3.8) is 0 Å². The van der Waals surface area contributed by atoms with Crippen molar-refractivity contribution in [2.75, 3.05) is 0 Å². The molecule has 1 heterocycles. The van der Waals surface area contributed by atoms with E-state index in [0.717, 1.165) is 4.47 Å². The highest BCUT2D eigenvalue weighted by atomic mass is 79.9. The largest absolute Gasteiger partial charge is 0.460 e. The van der Waals surface area contributed by atoms with E-state index in [2.05, 4.69) is 15.9 Å². The molecule has 0 bridgehead atoms. The van der Waals surface area contributed by atoms with Gasteiger partial charge < -0.3 is 4.42 Å². The van der Waals surface area contributed by atoms with Gasteiger partial charge >= 0.3 is 0 Å². The molecule has 0 saturated heterocycles. The van der Waals surface area contributed by atoms with Gasteiger partial charge in [-0.05, 0) is 24.3 Å². The zero-order valence-corrected chi connectivity index (χ0v) is 12.9. The van der Waals surface area contributed by atoms with E-state index < -0.39 is 5.82 Å². The lowest BCUT2D eigenvalue weighted by molar-refractivity contribution is 0.544. The number of rotatable bonds is 2. The van der Waals surface area contributed by atoms with Crippen LogP contribution in [0, 0.1) is 5.82 Å². The number of aryl methyl sites for hydroxylation is 1. The molecule has 0 saturated carbocycles. The van der Waals surface area contributed by atoms with Crippen molar-refractivity contribution in [3.05, 3.63) is 68.7 Å². The molecule has 0 aliphatic carbocycles. The van der Waals surface area contributed by atoms with Crippen LogP contribution < -0.4 is 5.43 Å². The maximum absolute atomic E-state index is 14.1. The third-order valence-electron chi connectivity index (χ3n) is 3.39. The summed E-state index contributed by atoms with van der Waals surface area (Å²) >= 11 is 3.34. The lowest BCUT2D eigenvalue weighted by Crippen LogP contribution is -2.09. The van der Waals surface area contributed by atoms with Crippen LogP contribution in [0.5, 0.6) is 0 Å². The van der Waals surface area contributed by atoms with Crippen LogP contribution in [0.3, 0.4) is 0 Å². The third-order valence-corrected chi connectivity index (χ3v) is 3.88. The van der Waals surface area contributed by atoms with Crippen LogP contribution in [0.15, 0.2) is 56.1 Å². The second-order valence-electron chi connectivity index (χ2n) is 4.70. The predicted molar refractivity (Wildman–Crippen MR) is 85.0 cm³/mol. The Morgan fingerprint density at radius 2 is 1.95 bits per heavy atom. The van der Waals surface area contributed by atoms with Crippen LogP contribution >= 0.6 is 15.9 Å². The van der Waals surface area contributed by atoms with E-state index in [-0.39, 0.29) is 11.0 Å². The normalized spacial score (nSPS) is 11.0. The van der Waals surface area contributed by atoms with Gasteiger partial charge in [-0.15, -0.1) is 0 Å². The summed E-state index contributed by atoms with van der Waals surface area (Å²) in [7, 11) is 0. The molecule has 2 aromatic carbocycles. The zero-order chi connectivity index (χ0) is 15.0. The van der Waals surface area contributed by atoms with Crippen molar-refractivity contribution in [1.82, 2.24) is 0 Å². The van der Waals surface area contributed by atoms with Crippen molar-refractivity contribution < 1.29 is 8.81 Å². The molecule has 4 heteroatoms. The van der Waals surface area contributed by atoms with Crippen molar-refractivity contribution in [2.45, 2.75) is 13.3 Å². The second kappa shape index (κ2) is 5.45. The van der Waals surface area contributed by atoms with Crippen molar-refractivity contribution >= 4 is 26.9 Å². The SMILES string of the molecule is CCc1oc2ccc(Br)cc2c(=O)c1-c1ccccc1F. The van der Waals surface area contributed by atoms with Gasteiger partial charge in [0.1, 0.15) is 17.2 Å². The summed E-state index contributed by atoms with van der Waals surface area (Å²) in [5.41, 5.74) is 0.894. The Morgan fingerprint density at radius 3 is 2.67 bits per heavy atom. The van der Waals surface area contributed by atoms with Crippen LogP contribution in [0.25, 0.3) is 22.1 Å². The average molecular weight is 347 g/mol. The van der Waals surface area contributed by atoms with Crippen LogP contribution in [-0.4, -0.2) is 0 Å². The standard InChI is InChI=1S/C17H12BrFO2/c1-2-14-16(11-5-3-4-6-13(11)19)17(20)12-9-10(18)7-8-15(12)21-14/h3-9H,2H2,1H3. The summed E-state index contributed by atoms with van der Waals surface area (Å²) in [5, 5.41) is 0.444. The van der Waals surface area contributed by atoms with Crippen molar-refractivity contribution in [1.29, 1.82) is 0 Å². The molecule has 2 nitrogen and oxygen atoms in total. The fourth-order valence-corrected chi connectivity index (χ4v) is 2.76. The summed E-state index contributed by atoms with van der Waals surface area (Å²) in [6.45, 7) is 1.88. The van der Waals surface area contributed by atoms with Crippen LogP contribution in [0.1, 0.15) is 12.7 Å². The summed E-state index contributed by atoms with van der Waals surface area (Å²) in [5.74, 6) is 0.0776. The van der Waals surface area contributed by atoms with Gasteiger partial charge in [0.25, 0.3) is 0 Å². The van der Waals surface area contributed by atoms with Crippen LogP contribution in [0.4, 0.5) is 4.39 Å². The zero-order valence-electron chi connectivity index (χ0n) is 11.3. The summed E-state index contributed by atoms with van der Waals surface area (Å²) in [4.78, 5) is 12.8. The summed E-state index contributed by atoms with van der Waals surface area (Å²) < 4.78 is 20.6. The number of benzene rings is 2. The predicted octanol–water partition coefficient (Wildman–Crippen LogP) is 4.92. The molecule has 0 amide bonds. The maximum Gasteiger partial charge on any atom is 0.200 e. The number of hydrogen-bond acceptors (Lipinski definition) is 2. The first-order valence-electron chi connectivity index (χ1n) is 6.62. The molecule has 106 valence electrons. The fourth-order valence-electron chi connectivity index (χ4n) is 2.40. The third kappa shape index (κ3) is 2.40. The molecule has 0 N–H and O–H groups in total. The number of halogens is 2. The van der Waals surface area contributed by atoms with Crippen molar-refractivity contribution in [3.8, 4) is 11.1 Å². The van der Waals surface area contributed by atoms with Gasteiger partial charge in [-0.2, -0.15) is 0 Å². The molecule has 0 aliphatic rings. The molecule has 3 rings (SSSR count). The first-order valence-corrected chi connectivity index (χ1v) is 7.41. The summed E-state index contributed by atoms with van der Waals surface area (Å²) in [6, 6.07) is 11.5. The Kier molecular flexibility index (Phi) is 3.64. The Hall–Kier alpha value is -1.94. The highest BCUT2D eigenvalue weighted by Crippen LogP contribution is 2.28. The Balaban J connectivity index is 2.44. The van der Waals surface area contributed by atoms with E-state index in [9.17, 15) is 9.18 Å². The van der Waals surface area contributed by atoms with Crippen LogP contribution in [0.2, 0.25) is 0 Å². The van der Waals surface area contributed by atoms with Gasteiger partial charge in [0, 0.05) is 16.5 Å².